The SMILES string of the molecule is CC.CC(=O)N1CCCC1CN1CCCC1. The zero-order valence-corrected chi connectivity index (χ0v) is 11.0. The average Bonchev–Trinajstić information content (AvgIpc) is 2.92. The van der Waals surface area contributed by atoms with Crippen molar-refractivity contribution < 1.29 is 4.79 Å². The van der Waals surface area contributed by atoms with Gasteiger partial charge in [0.15, 0.2) is 0 Å². The topological polar surface area (TPSA) is 23.6 Å². The maximum absolute atomic E-state index is 11.3. The van der Waals surface area contributed by atoms with E-state index < -0.39 is 0 Å². The lowest BCUT2D eigenvalue weighted by atomic mass is 10.2. The van der Waals surface area contributed by atoms with Gasteiger partial charge in [-0.2, -0.15) is 0 Å². The predicted octanol–water partition coefficient (Wildman–Crippen LogP) is 2.12. The van der Waals surface area contributed by atoms with Crippen LogP contribution in [0.15, 0.2) is 0 Å². The first-order chi connectivity index (χ1) is 7.77. The lowest BCUT2D eigenvalue weighted by molar-refractivity contribution is -0.129. The van der Waals surface area contributed by atoms with Crippen molar-refractivity contribution in [3.05, 3.63) is 0 Å². The first-order valence-corrected chi connectivity index (χ1v) is 6.77. The number of nitrogens with zero attached hydrogens (tertiary/aromatic N) is 2. The van der Waals surface area contributed by atoms with E-state index in [0.29, 0.717) is 6.04 Å². The van der Waals surface area contributed by atoms with Crippen LogP contribution in [0.2, 0.25) is 0 Å². The van der Waals surface area contributed by atoms with Gasteiger partial charge in [0.2, 0.25) is 5.91 Å². The summed E-state index contributed by atoms with van der Waals surface area (Å²) in [5.41, 5.74) is 0. The molecule has 0 aromatic carbocycles. The number of hydrogen-bond acceptors (Lipinski definition) is 2. The lowest BCUT2D eigenvalue weighted by Gasteiger charge is -2.27. The Morgan fingerprint density at radius 1 is 1.12 bits per heavy atom. The number of carbonyl (C=O) groups is 1. The molecule has 3 heteroatoms. The van der Waals surface area contributed by atoms with Gasteiger partial charge in [-0.15, -0.1) is 0 Å². The first-order valence-electron chi connectivity index (χ1n) is 6.77. The number of hydrogen-bond donors (Lipinski definition) is 0. The molecular weight excluding hydrogens is 200 g/mol. The van der Waals surface area contributed by atoms with Crippen molar-refractivity contribution in [1.29, 1.82) is 0 Å². The van der Waals surface area contributed by atoms with Gasteiger partial charge in [0.05, 0.1) is 0 Å². The molecule has 0 aromatic rings. The fraction of sp³-hybridized carbons (Fsp3) is 0.923. The highest BCUT2D eigenvalue weighted by Gasteiger charge is 2.28. The van der Waals surface area contributed by atoms with E-state index in [9.17, 15) is 4.79 Å². The molecule has 2 saturated heterocycles. The van der Waals surface area contributed by atoms with Crippen LogP contribution < -0.4 is 0 Å². The molecule has 0 radical (unpaired) electrons. The minimum Gasteiger partial charge on any atom is -0.339 e. The molecule has 0 N–H and O–H groups in total. The van der Waals surface area contributed by atoms with Crippen molar-refractivity contribution in [3.8, 4) is 0 Å². The van der Waals surface area contributed by atoms with Crippen LogP contribution in [-0.2, 0) is 4.79 Å². The van der Waals surface area contributed by atoms with E-state index in [4.69, 9.17) is 0 Å². The highest BCUT2D eigenvalue weighted by atomic mass is 16.2. The van der Waals surface area contributed by atoms with Crippen LogP contribution in [0.5, 0.6) is 0 Å². The monoisotopic (exact) mass is 226 g/mol. The largest absolute Gasteiger partial charge is 0.339 e. The molecule has 2 heterocycles. The van der Waals surface area contributed by atoms with Crippen molar-refractivity contribution in [2.45, 2.75) is 52.5 Å². The van der Waals surface area contributed by atoms with E-state index in [1.807, 2.05) is 13.8 Å². The van der Waals surface area contributed by atoms with Gasteiger partial charge in [-0.05, 0) is 38.8 Å². The molecule has 0 aromatic heterocycles. The number of amides is 1. The minimum atomic E-state index is 0.256. The summed E-state index contributed by atoms with van der Waals surface area (Å²) in [6, 6.07) is 0.505. The van der Waals surface area contributed by atoms with E-state index in [0.717, 1.165) is 13.1 Å². The highest BCUT2D eigenvalue weighted by molar-refractivity contribution is 5.73. The number of carbonyl (C=O) groups excluding carboxylic acids is 1. The summed E-state index contributed by atoms with van der Waals surface area (Å²) >= 11 is 0. The molecule has 94 valence electrons. The van der Waals surface area contributed by atoms with Crippen LogP contribution in [0.1, 0.15) is 46.5 Å². The van der Waals surface area contributed by atoms with Crippen LogP contribution in [0.3, 0.4) is 0 Å². The van der Waals surface area contributed by atoms with E-state index in [1.165, 1.54) is 38.8 Å². The standard InChI is InChI=1S/C11H20N2O.C2H6/c1-10(14)13-8-4-5-11(13)9-12-6-2-3-7-12;1-2/h11H,2-9H2,1H3;1-2H3. The zero-order chi connectivity index (χ0) is 12.0. The van der Waals surface area contributed by atoms with Crippen LogP contribution in [0.4, 0.5) is 0 Å². The van der Waals surface area contributed by atoms with E-state index in [1.54, 1.807) is 6.92 Å². The van der Waals surface area contributed by atoms with Gasteiger partial charge < -0.3 is 9.80 Å². The Morgan fingerprint density at radius 2 is 1.75 bits per heavy atom. The molecule has 1 unspecified atom stereocenters. The summed E-state index contributed by atoms with van der Waals surface area (Å²) in [5.74, 6) is 0.256. The predicted molar refractivity (Wildman–Crippen MR) is 67.4 cm³/mol. The summed E-state index contributed by atoms with van der Waals surface area (Å²) in [6.45, 7) is 10.3. The summed E-state index contributed by atoms with van der Waals surface area (Å²) < 4.78 is 0. The molecule has 2 aliphatic heterocycles. The van der Waals surface area contributed by atoms with Crippen molar-refractivity contribution in [1.82, 2.24) is 9.80 Å². The lowest BCUT2D eigenvalue weighted by Crippen LogP contribution is -2.41. The Kier molecular flexibility index (Phi) is 5.81. The molecule has 0 saturated carbocycles. The fourth-order valence-electron chi connectivity index (χ4n) is 2.70. The molecule has 0 aliphatic carbocycles. The van der Waals surface area contributed by atoms with Gasteiger partial charge >= 0.3 is 0 Å². The van der Waals surface area contributed by atoms with Gasteiger partial charge in [0.1, 0.15) is 0 Å². The Labute approximate surface area is 99.8 Å². The average molecular weight is 226 g/mol. The molecule has 2 rings (SSSR count). The smallest absolute Gasteiger partial charge is 0.219 e. The van der Waals surface area contributed by atoms with Crippen molar-refractivity contribution in [2.75, 3.05) is 26.2 Å². The van der Waals surface area contributed by atoms with Gasteiger partial charge in [0, 0.05) is 26.1 Å². The molecule has 0 bridgehead atoms. The molecule has 3 nitrogen and oxygen atoms in total. The number of likely N-dealkylation sites (tertiary alicyclic amines) is 2. The molecule has 1 amide bonds. The van der Waals surface area contributed by atoms with Gasteiger partial charge in [0.25, 0.3) is 0 Å². The third-order valence-corrected chi connectivity index (χ3v) is 3.45. The Bertz CT molecular complexity index is 212. The zero-order valence-electron chi connectivity index (χ0n) is 11.0. The second kappa shape index (κ2) is 6.89. The summed E-state index contributed by atoms with van der Waals surface area (Å²) in [6.07, 6.45) is 5.08. The van der Waals surface area contributed by atoms with Gasteiger partial charge in [-0.25, -0.2) is 0 Å². The fourth-order valence-corrected chi connectivity index (χ4v) is 2.70. The molecule has 2 aliphatic rings. The quantitative estimate of drug-likeness (QED) is 0.720. The summed E-state index contributed by atoms with van der Waals surface area (Å²) in [4.78, 5) is 15.9. The first kappa shape index (κ1) is 13.5. The third kappa shape index (κ3) is 3.48. The van der Waals surface area contributed by atoms with E-state index >= 15 is 0 Å². The summed E-state index contributed by atoms with van der Waals surface area (Å²) in [5, 5.41) is 0. The molecular formula is C13H26N2O. The van der Waals surface area contributed by atoms with E-state index in [2.05, 4.69) is 9.80 Å². The van der Waals surface area contributed by atoms with Gasteiger partial charge in [-0.3, -0.25) is 4.79 Å². The van der Waals surface area contributed by atoms with Crippen molar-refractivity contribution >= 4 is 5.91 Å². The normalized spacial score (nSPS) is 25.4. The van der Waals surface area contributed by atoms with Crippen molar-refractivity contribution in [3.63, 3.8) is 0 Å². The Morgan fingerprint density at radius 3 is 2.31 bits per heavy atom. The summed E-state index contributed by atoms with van der Waals surface area (Å²) in [7, 11) is 0. The number of rotatable bonds is 2. The Hall–Kier alpha value is -0.570. The van der Waals surface area contributed by atoms with E-state index in [-0.39, 0.29) is 5.91 Å². The highest BCUT2D eigenvalue weighted by Crippen LogP contribution is 2.20. The van der Waals surface area contributed by atoms with Crippen molar-refractivity contribution in [2.24, 2.45) is 0 Å². The third-order valence-electron chi connectivity index (χ3n) is 3.45. The molecule has 1 atom stereocenters. The molecule has 2 fully saturated rings. The van der Waals surface area contributed by atoms with Crippen LogP contribution in [0, 0.1) is 0 Å². The second-order valence-corrected chi connectivity index (χ2v) is 4.52. The Balaban J connectivity index is 0.000000606. The second-order valence-electron chi connectivity index (χ2n) is 4.52. The maximum Gasteiger partial charge on any atom is 0.219 e. The molecule has 0 spiro atoms. The minimum absolute atomic E-state index is 0.256. The maximum atomic E-state index is 11.3. The molecule has 16 heavy (non-hydrogen) atoms. The van der Waals surface area contributed by atoms with Crippen LogP contribution in [0.25, 0.3) is 0 Å². The van der Waals surface area contributed by atoms with Gasteiger partial charge in [-0.1, -0.05) is 13.8 Å². The van der Waals surface area contributed by atoms with Crippen LogP contribution in [-0.4, -0.2) is 47.9 Å². The van der Waals surface area contributed by atoms with Crippen LogP contribution >= 0.6 is 0 Å².